The van der Waals surface area contributed by atoms with Crippen LogP contribution in [-0.4, -0.2) is 7.98 Å². The van der Waals surface area contributed by atoms with Crippen molar-refractivity contribution in [3.05, 3.63) is 72.3 Å². The van der Waals surface area contributed by atoms with Crippen LogP contribution in [0.5, 0.6) is 0 Å². The molecule has 0 fully saturated rings. The third kappa shape index (κ3) is 2.70. The summed E-state index contributed by atoms with van der Waals surface area (Å²) in [4.78, 5) is 2.19. The molecule has 0 unspecified atom stereocenters. The van der Waals surface area contributed by atoms with Gasteiger partial charge in [0.25, 0.3) is 0 Å². The zero-order valence-electron chi connectivity index (χ0n) is 15.2. The van der Waals surface area contributed by atoms with Crippen molar-refractivity contribution < 1.29 is 4.42 Å². The molecule has 2 nitrogen and oxygen atoms in total. The van der Waals surface area contributed by atoms with E-state index in [2.05, 4.69) is 88.2 Å². The Morgan fingerprint density at radius 2 is 1.48 bits per heavy atom. The Morgan fingerprint density at radius 1 is 0.800 bits per heavy atom. The monoisotopic (exact) mass is 327 g/mol. The molecular formula is C22H22BNO. The summed E-state index contributed by atoms with van der Waals surface area (Å²) >= 11 is 0. The SMILES string of the molecule is BN(c1ccc(C(C)(C)C)cc1)c1cccc2c1oc1ccccc12. The first-order valence-corrected chi connectivity index (χ1v) is 8.70. The van der Waals surface area contributed by atoms with Crippen LogP contribution in [0.4, 0.5) is 11.4 Å². The summed E-state index contributed by atoms with van der Waals surface area (Å²) in [6.45, 7) is 6.71. The van der Waals surface area contributed by atoms with E-state index >= 15 is 0 Å². The average molecular weight is 327 g/mol. The molecule has 0 atom stereocenters. The molecule has 3 heteroatoms. The Balaban J connectivity index is 1.81. The van der Waals surface area contributed by atoms with Gasteiger partial charge in [-0.25, -0.2) is 0 Å². The van der Waals surface area contributed by atoms with Gasteiger partial charge in [-0.3, -0.25) is 0 Å². The van der Waals surface area contributed by atoms with Gasteiger partial charge in [0, 0.05) is 16.5 Å². The van der Waals surface area contributed by atoms with Crippen molar-refractivity contribution in [1.29, 1.82) is 0 Å². The Kier molecular flexibility index (Phi) is 3.61. The summed E-state index contributed by atoms with van der Waals surface area (Å²) in [6.07, 6.45) is 0. The lowest BCUT2D eigenvalue weighted by atomic mass is 9.87. The van der Waals surface area contributed by atoms with Crippen molar-refractivity contribution in [2.75, 3.05) is 4.81 Å². The van der Waals surface area contributed by atoms with Crippen LogP contribution in [0.3, 0.4) is 0 Å². The molecule has 0 amide bonds. The predicted octanol–water partition coefficient (Wildman–Crippen LogP) is 5.57. The van der Waals surface area contributed by atoms with Gasteiger partial charge in [-0.1, -0.05) is 63.2 Å². The van der Waals surface area contributed by atoms with Crippen LogP contribution < -0.4 is 4.81 Å². The van der Waals surface area contributed by atoms with Crippen molar-refractivity contribution in [3.8, 4) is 0 Å². The maximum Gasteiger partial charge on any atom is 0.223 e. The van der Waals surface area contributed by atoms with Crippen LogP contribution in [0.2, 0.25) is 0 Å². The number of rotatable bonds is 2. The molecule has 0 aliphatic rings. The highest BCUT2D eigenvalue weighted by molar-refractivity contribution is 6.25. The molecule has 1 heterocycles. The molecule has 0 radical (unpaired) electrons. The minimum Gasteiger partial charge on any atom is -0.454 e. The van der Waals surface area contributed by atoms with Crippen LogP contribution >= 0.6 is 0 Å². The van der Waals surface area contributed by atoms with Crippen LogP contribution in [0, 0.1) is 0 Å². The minimum absolute atomic E-state index is 0.163. The number of hydrogen-bond acceptors (Lipinski definition) is 2. The lowest BCUT2D eigenvalue weighted by Crippen LogP contribution is -2.14. The quantitative estimate of drug-likeness (QED) is 0.448. The van der Waals surface area contributed by atoms with E-state index < -0.39 is 0 Å². The minimum atomic E-state index is 0.163. The van der Waals surface area contributed by atoms with Gasteiger partial charge in [0.1, 0.15) is 5.58 Å². The molecule has 0 saturated carbocycles. The second kappa shape index (κ2) is 5.70. The Labute approximate surface area is 149 Å². The molecule has 0 saturated heterocycles. The maximum atomic E-state index is 6.16. The van der Waals surface area contributed by atoms with Gasteiger partial charge in [-0.15, -0.1) is 0 Å². The van der Waals surface area contributed by atoms with Crippen LogP contribution in [0.15, 0.2) is 71.1 Å². The summed E-state index contributed by atoms with van der Waals surface area (Å²) in [7, 11) is 2.09. The summed E-state index contributed by atoms with van der Waals surface area (Å²) in [5.41, 5.74) is 5.60. The molecule has 3 aromatic carbocycles. The number of para-hydroxylation sites is 2. The molecule has 4 aromatic rings. The van der Waals surface area contributed by atoms with Gasteiger partial charge >= 0.3 is 0 Å². The van der Waals surface area contributed by atoms with E-state index in [0.29, 0.717) is 0 Å². The summed E-state index contributed by atoms with van der Waals surface area (Å²) < 4.78 is 6.16. The standard InChI is InChI=1S/C22H22BNO/c1-22(2,3)15-11-13-16(14-12-15)24(23)19-9-6-8-18-17-7-4-5-10-20(17)25-21(18)19/h4-14H,23H2,1-3H3. The molecule has 4 rings (SSSR count). The maximum absolute atomic E-state index is 6.16. The van der Waals surface area contributed by atoms with Gasteiger partial charge in [0.05, 0.1) is 5.69 Å². The van der Waals surface area contributed by atoms with E-state index in [-0.39, 0.29) is 5.41 Å². The van der Waals surface area contributed by atoms with Crippen molar-refractivity contribution >= 4 is 41.3 Å². The van der Waals surface area contributed by atoms with Gasteiger partial charge in [0.15, 0.2) is 5.58 Å². The fourth-order valence-corrected chi connectivity index (χ4v) is 3.32. The van der Waals surface area contributed by atoms with E-state index in [1.165, 1.54) is 5.56 Å². The molecule has 0 aliphatic carbocycles. The molecule has 0 spiro atoms. The van der Waals surface area contributed by atoms with Crippen LogP contribution in [-0.2, 0) is 5.41 Å². The first kappa shape index (κ1) is 15.8. The smallest absolute Gasteiger partial charge is 0.223 e. The van der Waals surface area contributed by atoms with E-state index in [4.69, 9.17) is 4.42 Å². The van der Waals surface area contributed by atoms with Crippen molar-refractivity contribution in [1.82, 2.24) is 0 Å². The molecular weight excluding hydrogens is 305 g/mol. The number of furan rings is 1. The lowest BCUT2D eigenvalue weighted by molar-refractivity contribution is 0.590. The first-order valence-electron chi connectivity index (χ1n) is 8.70. The van der Waals surface area contributed by atoms with Crippen molar-refractivity contribution in [3.63, 3.8) is 0 Å². The second-order valence-electron chi connectivity index (χ2n) is 7.61. The first-order chi connectivity index (χ1) is 11.9. The zero-order valence-corrected chi connectivity index (χ0v) is 15.2. The molecule has 124 valence electrons. The number of benzene rings is 3. The summed E-state index contributed by atoms with van der Waals surface area (Å²) in [5, 5.41) is 2.32. The van der Waals surface area contributed by atoms with Gasteiger partial charge in [-0.05, 0) is 35.2 Å². The van der Waals surface area contributed by atoms with E-state index in [1.807, 2.05) is 12.1 Å². The topological polar surface area (TPSA) is 16.4 Å². The Bertz CT molecular complexity index is 1040. The second-order valence-corrected chi connectivity index (χ2v) is 7.61. The highest BCUT2D eigenvalue weighted by Crippen LogP contribution is 2.37. The van der Waals surface area contributed by atoms with Gasteiger partial charge < -0.3 is 9.23 Å². The molecule has 0 N–H and O–H groups in total. The lowest BCUT2D eigenvalue weighted by Gasteiger charge is -2.23. The van der Waals surface area contributed by atoms with Gasteiger partial charge in [0.2, 0.25) is 7.98 Å². The Morgan fingerprint density at radius 3 is 2.20 bits per heavy atom. The van der Waals surface area contributed by atoms with E-state index in [9.17, 15) is 0 Å². The summed E-state index contributed by atoms with van der Waals surface area (Å²) in [5.74, 6) is 0. The van der Waals surface area contributed by atoms with E-state index in [1.54, 1.807) is 0 Å². The zero-order chi connectivity index (χ0) is 17.6. The number of nitrogens with zero attached hydrogens (tertiary/aromatic N) is 1. The average Bonchev–Trinajstić information content (AvgIpc) is 2.99. The van der Waals surface area contributed by atoms with Crippen molar-refractivity contribution in [2.24, 2.45) is 0 Å². The normalized spacial score (nSPS) is 12.0. The number of anilines is 2. The van der Waals surface area contributed by atoms with Crippen molar-refractivity contribution in [2.45, 2.75) is 26.2 Å². The van der Waals surface area contributed by atoms with Gasteiger partial charge in [-0.2, -0.15) is 0 Å². The largest absolute Gasteiger partial charge is 0.454 e. The number of hydrogen-bond donors (Lipinski definition) is 0. The third-order valence-corrected chi connectivity index (χ3v) is 4.87. The highest BCUT2D eigenvalue weighted by Gasteiger charge is 2.16. The molecule has 0 bridgehead atoms. The fourth-order valence-electron chi connectivity index (χ4n) is 3.32. The molecule has 1 aromatic heterocycles. The predicted molar refractivity (Wildman–Crippen MR) is 110 cm³/mol. The molecule has 25 heavy (non-hydrogen) atoms. The third-order valence-electron chi connectivity index (χ3n) is 4.87. The van der Waals surface area contributed by atoms with E-state index in [0.717, 1.165) is 33.3 Å². The van der Waals surface area contributed by atoms with Crippen LogP contribution in [0.25, 0.3) is 21.9 Å². The fraction of sp³-hybridized carbons (Fsp3) is 0.182. The van der Waals surface area contributed by atoms with Crippen LogP contribution in [0.1, 0.15) is 26.3 Å². The Hall–Kier alpha value is -2.68. The number of fused-ring (bicyclic) bond motifs is 3. The summed E-state index contributed by atoms with van der Waals surface area (Å²) in [6, 6.07) is 23.3. The highest BCUT2D eigenvalue weighted by atomic mass is 16.3. The molecule has 0 aliphatic heterocycles.